The molecule has 0 radical (unpaired) electrons. The highest BCUT2D eigenvalue weighted by Crippen LogP contribution is 2.31. The van der Waals surface area contributed by atoms with Gasteiger partial charge < -0.3 is 15.5 Å². The monoisotopic (exact) mass is 242 g/mol. The van der Waals surface area contributed by atoms with Crippen LogP contribution < -0.4 is 10.5 Å². The van der Waals surface area contributed by atoms with E-state index in [0.717, 1.165) is 28.0 Å². The summed E-state index contributed by atoms with van der Waals surface area (Å²) in [6.45, 7) is 0. The zero-order valence-corrected chi connectivity index (χ0v) is 10.3. The lowest BCUT2D eigenvalue weighted by Gasteiger charge is -2.01. The van der Waals surface area contributed by atoms with Gasteiger partial charge in [-0.15, -0.1) is 0 Å². The number of methoxy groups -OCH3 is 1. The van der Waals surface area contributed by atoms with Gasteiger partial charge in [-0.1, -0.05) is 12.1 Å². The minimum atomic E-state index is 0.656. The van der Waals surface area contributed by atoms with E-state index >= 15 is 0 Å². The van der Waals surface area contributed by atoms with E-state index in [0.29, 0.717) is 5.69 Å². The molecule has 0 aliphatic heterocycles. The maximum atomic E-state index is 5.93. The summed E-state index contributed by atoms with van der Waals surface area (Å²) in [6.07, 6.45) is 1.65. The van der Waals surface area contributed by atoms with Crippen LogP contribution in [0.2, 0.25) is 0 Å². The molecule has 0 saturated carbocycles. The topological polar surface area (TPSA) is 68.9 Å². The Bertz CT molecular complexity index is 691. The summed E-state index contributed by atoms with van der Waals surface area (Å²) < 4.78 is 7.09. The lowest BCUT2D eigenvalue weighted by Crippen LogP contribution is -1.95. The average molecular weight is 242 g/mol. The van der Waals surface area contributed by atoms with E-state index in [1.165, 1.54) is 0 Å². The number of nitrogens with one attached hydrogen (secondary N) is 1. The van der Waals surface area contributed by atoms with Crippen LogP contribution in [0.25, 0.3) is 22.3 Å². The molecule has 5 nitrogen and oxygen atoms in total. The summed E-state index contributed by atoms with van der Waals surface area (Å²) in [7, 11) is 3.53. The molecule has 3 N–H and O–H groups in total. The number of aromatic amines is 1. The molecule has 2 aromatic heterocycles. The molecule has 5 heteroatoms. The van der Waals surface area contributed by atoms with Crippen molar-refractivity contribution in [2.75, 3.05) is 12.8 Å². The van der Waals surface area contributed by atoms with Crippen molar-refractivity contribution in [3.8, 4) is 17.1 Å². The number of nitrogens with zero attached hydrogens (tertiary/aromatic N) is 2. The van der Waals surface area contributed by atoms with Crippen LogP contribution in [0, 0.1) is 0 Å². The first-order chi connectivity index (χ1) is 8.70. The number of para-hydroxylation sites is 1. The molecular formula is C13H14N4O. The number of rotatable bonds is 2. The van der Waals surface area contributed by atoms with Gasteiger partial charge in [0.15, 0.2) is 0 Å². The highest BCUT2D eigenvalue weighted by Gasteiger charge is 2.12. The molecule has 18 heavy (non-hydrogen) atoms. The lowest BCUT2D eigenvalue weighted by atomic mass is 10.2. The van der Waals surface area contributed by atoms with Crippen LogP contribution in [-0.4, -0.2) is 21.9 Å². The molecule has 2 heterocycles. The number of anilines is 1. The van der Waals surface area contributed by atoms with Crippen LogP contribution in [-0.2, 0) is 7.05 Å². The Kier molecular flexibility index (Phi) is 2.26. The van der Waals surface area contributed by atoms with Crippen LogP contribution in [0.1, 0.15) is 0 Å². The molecule has 0 atom stereocenters. The molecule has 0 amide bonds. The lowest BCUT2D eigenvalue weighted by molar-refractivity contribution is 0.419. The zero-order valence-electron chi connectivity index (χ0n) is 10.3. The second-order valence-electron chi connectivity index (χ2n) is 4.18. The number of hydrogen-bond acceptors (Lipinski definition) is 3. The van der Waals surface area contributed by atoms with Gasteiger partial charge in [0, 0.05) is 12.4 Å². The van der Waals surface area contributed by atoms with Gasteiger partial charge in [0.1, 0.15) is 11.4 Å². The molecule has 0 fully saturated rings. The fraction of sp³-hybridized carbons (Fsp3) is 0.154. The van der Waals surface area contributed by atoms with Crippen molar-refractivity contribution in [3.05, 3.63) is 30.5 Å². The van der Waals surface area contributed by atoms with E-state index in [1.54, 1.807) is 18.0 Å². The van der Waals surface area contributed by atoms with Crippen molar-refractivity contribution in [1.29, 1.82) is 0 Å². The second kappa shape index (κ2) is 3.80. The van der Waals surface area contributed by atoms with Gasteiger partial charge in [-0.3, -0.25) is 4.68 Å². The van der Waals surface area contributed by atoms with E-state index in [4.69, 9.17) is 10.5 Å². The number of aromatic nitrogens is 3. The first-order valence-electron chi connectivity index (χ1n) is 5.64. The molecular weight excluding hydrogens is 228 g/mol. The molecule has 92 valence electrons. The maximum absolute atomic E-state index is 5.93. The third kappa shape index (κ3) is 1.44. The fourth-order valence-corrected chi connectivity index (χ4v) is 2.21. The molecule has 0 unspecified atom stereocenters. The van der Waals surface area contributed by atoms with Crippen LogP contribution in [0.15, 0.2) is 30.5 Å². The Morgan fingerprint density at radius 2 is 2.22 bits per heavy atom. The van der Waals surface area contributed by atoms with Gasteiger partial charge in [-0.05, 0) is 12.1 Å². The van der Waals surface area contributed by atoms with Gasteiger partial charge >= 0.3 is 0 Å². The number of nitrogens with two attached hydrogens (primary N) is 1. The van der Waals surface area contributed by atoms with Crippen LogP contribution in [0.3, 0.4) is 0 Å². The number of ether oxygens (including phenoxy) is 1. The first-order valence-corrected chi connectivity index (χ1v) is 5.64. The van der Waals surface area contributed by atoms with Gasteiger partial charge in [0.2, 0.25) is 0 Å². The van der Waals surface area contributed by atoms with Crippen LogP contribution in [0.5, 0.6) is 5.75 Å². The quantitative estimate of drug-likeness (QED) is 0.723. The normalized spacial score (nSPS) is 11.0. The van der Waals surface area contributed by atoms with E-state index in [-0.39, 0.29) is 0 Å². The molecule has 0 saturated heterocycles. The van der Waals surface area contributed by atoms with Gasteiger partial charge in [0.05, 0.1) is 30.2 Å². The number of hydrogen-bond donors (Lipinski definition) is 2. The standard InChI is InChI=1S/C13H14N4O/c1-17-13(9(14)7-15-17)10-6-8-4-3-5-11(18-2)12(8)16-10/h3-7,16H,14H2,1-2H3. The number of fused-ring (bicyclic) bond motifs is 1. The highest BCUT2D eigenvalue weighted by molar-refractivity contribution is 5.91. The Morgan fingerprint density at radius 1 is 1.39 bits per heavy atom. The average Bonchev–Trinajstić information content (AvgIpc) is 2.92. The summed E-state index contributed by atoms with van der Waals surface area (Å²) in [5.74, 6) is 0.819. The van der Waals surface area contributed by atoms with Crippen molar-refractivity contribution in [2.24, 2.45) is 7.05 Å². The Labute approximate surface area is 104 Å². The highest BCUT2D eigenvalue weighted by atomic mass is 16.5. The number of nitrogen functional groups attached to an aromatic ring is 1. The van der Waals surface area contributed by atoms with Gasteiger partial charge in [-0.25, -0.2) is 0 Å². The van der Waals surface area contributed by atoms with Gasteiger partial charge in [-0.2, -0.15) is 5.10 Å². The molecule has 0 bridgehead atoms. The maximum Gasteiger partial charge on any atom is 0.142 e. The van der Waals surface area contributed by atoms with Crippen molar-refractivity contribution < 1.29 is 4.74 Å². The summed E-state index contributed by atoms with van der Waals surface area (Å²) in [4.78, 5) is 3.33. The predicted molar refractivity (Wildman–Crippen MR) is 71.5 cm³/mol. The van der Waals surface area contributed by atoms with E-state index in [1.807, 2.05) is 31.3 Å². The molecule has 0 aliphatic carbocycles. The molecule has 3 rings (SSSR count). The summed E-state index contributed by atoms with van der Waals surface area (Å²) >= 11 is 0. The van der Waals surface area contributed by atoms with Crippen molar-refractivity contribution >= 4 is 16.6 Å². The molecule has 0 spiro atoms. The van der Waals surface area contributed by atoms with E-state index in [2.05, 4.69) is 10.1 Å². The summed E-state index contributed by atoms with van der Waals surface area (Å²) in [6, 6.07) is 7.97. The number of H-pyrrole nitrogens is 1. The minimum Gasteiger partial charge on any atom is -0.495 e. The summed E-state index contributed by atoms with van der Waals surface area (Å²) in [5, 5.41) is 5.23. The van der Waals surface area contributed by atoms with Crippen molar-refractivity contribution in [1.82, 2.24) is 14.8 Å². The van der Waals surface area contributed by atoms with E-state index < -0.39 is 0 Å². The first kappa shape index (κ1) is 10.7. The number of aryl methyl sites for hydroxylation is 1. The third-order valence-electron chi connectivity index (χ3n) is 3.06. The van der Waals surface area contributed by atoms with Gasteiger partial charge in [0.25, 0.3) is 0 Å². The zero-order chi connectivity index (χ0) is 12.7. The molecule has 3 aromatic rings. The predicted octanol–water partition coefficient (Wildman–Crippen LogP) is 2.16. The number of benzene rings is 1. The third-order valence-corrected chi connectivity index (χ3v) is 3.06. The largest absolute Gasteiger partial charge is 0.495 e. The Balaban J connectivity index is 2.26. The van der Waals surface area contributed by atoms with Crippen LogP contribution in [0.4, 0.5) is 5.69 Å². The Morgan fingerprint density at radius 3 is 2.89 bits per heavy atom. The molecule has 0 aliphatic rings. The van der Waals surface area contributed by atoms with E-state index in [9.17, 15) is 0 Å². The minimum absolute atomic E-state index is 0.656. The van der Waals surface area contributed by atoms with Crippen molar-refractivity contribution in [3.63, 3.8) is 0 Å². The SMILES string of the molecule is COc1cccc2cc(-c3c(N)cnn3C)[nH]c12. The second-order valence-corrected chi connectivity index (χ2v) is 4.18. The van der Waals surface area contributed by atoms with Crippen molar-refractivity contribution in [2.45, 2.75) is 0 Å². The molecule has 1 aromatic carbocycles. The Hall–Kier alpha value is -2.43. The smallest absolute Gasteiger partial charge is 0.142 e. The summed E-state index contributed by atoms with van der Waals surface area (Å²) in [5.41, 5.74) is 9.37. The van der Waals surface area contributed by atoms with Crippen LogP contribution >= 0.6 is 0 Å². The fourth-order valence-electron chi connectivity index (χ4n) is 2.21.